The first kappa shape index (κ1) is 20.8. The Labute approximate surface area is 157 Å². The van der Waals surface area contributed by atoms with Crippen molar-refractivity contribution in [2.45, 2.75) is 17.7 Å². The fraction of sp³-hybridized carbons (Fsp3) is 0.562. The van der Waals surface area contributed by atoms with Crippen LogP contribution in [-0.2, 0) is 4.79 Å². The van der Waals surface area contributed by atoms with Gasteiger partial charge in [-0.3, -0.25) is 9.69 Å². The van der Waals surface area contributed by atoms with Gasteiger partial charge >= 0.3 is 0 Å². The van der Waals surface area contributed by atoms with Crippen LogP contribution in [0.1, 0.15) is 12.8 Å². The molecule has 0 saturated carbocycles. The number of amides is 1. The van der Waals surface area contributed by atoms with Crippen LogP contribution in [0.5, 0.6) is 0 Å². The van der Waals surface area contributed by atoms with Gasteiger partial charge in [0, 0.05) is 55.1 Å². The van der Waals surface area contributed by atoms with E-state index in [-0.39, 0.29) is 18.3 Å². The third kappa shape index (κ3) is 8.96. The first-order valence-corrected chi connectivity index (χ1v) is 9.60. The van der Waals surface area contributed by atoms with E-state index in [1.54, 1.807) is 11.8 Å². The van der Waals surface area contributed by atoms with Gasteiger partial charge < -0.3 is 10.6 Å². The summed E-state index contributed by atoms with van der Waals surface area (Å²) in [4.78, 5) is 15.4. The number of rotatable bonds is 8. The standard InChI is InChI=1S/C16H24BrN3OS.ClH/c17-14-3-5-15(6-4-14)22-13-1-2-16(21)19-9-12-20-10-7-18-8-11-20;/h3-6,18H,1-2,7-13H2,(H,19,21);1H. The molecule has 1 aliphatic rings. The van der Waals surface area contributed by atoms with Crippen LogP contribution in [0.25, 0.3) is 0 Å². The maximum atomic E-state index is 11.8. The minimum absolute atomic E-state index is 0. The van der Waals surface area contributed by atoms with Crippen LogP contribution in [-0.4, -0.2) is 55.8 Å². The van der Waals surface area contributed by atoms with Gasteiger partial charge in [-0.25, -0.2) is 0 Å². The molecule has 4 nitrogen and oxygen atoms in total. The molecule has 1 aliphatic heterocycles. The lowest BCUT2D eigenvalue weighted by molar-refractivity contribution is -0.121. The highest BCUT2D eigenvalue weighted by molar-refractivity contribution is 9.10. The fourth-order valence-corrected chi connectivity index (χ4v) is 3.45. The lowest BCUT2D eigenvalue weighted by Gasteiger charge is -2.27. The number of benzene rings is 1. The molecule has 0 unspecified atom stereocenters. The number of carbonyl (C=O) groups excluding carboxylic acids is 1. The summed E-state index contributed by atoms with van der Waals surface area (Å²) in [5.74, 6) is 1.15. The highest BCUT2D eigenvalue weighted by Gasteiger charge is 2.09. The summed E-state index contributed by atoms with van der Waals surface area (Å²) >= 11 is 5.23. The van der Waals surface area contributed by atoms with Crippen molar-refractivity contribution in [1.82, 2.24) is 15.5 Å². The fourth-order valence-electron chi connectivity index (χ4n) is 2.33. The van der Waals surface area contributed by atoms with E-state index in [0.29, 0.717) is 6.42 Å². The van der Waals surface area contributed by atoms with E-state index in [1.807, 2.05) is 12.1 Å². The third-order valence-corrected chi connectivity index (χ3v) is 5.22. The number of carbonyl (C=O) groups is 1. The van der Waals surface area contributed by atoms with Crippen LogP contribution in [0.2, 0.25) is 0 Å². The summed E-state index contributed by atoms with van der Waals surface area (Å²) in [6, 6.07) is 8.29. The predicted octanol–water partition coefficient (Wildman–Crippen LogP) is 2.76. The smallest absolute Gasteiger partial charge is 0.220 e. The van der Waals surface area contributed by atoms with Crippen LogP contribution in [0.15, 0.2) is 33.6 Å². The molecule has 2 rings (SSSR count). The van der Waals surface area contributed by atoms with Gasteiger partial charge in [0.2, 0.25) is 5.91 Å². The van der Waals surface area contributed by atoms with Crippen LogP contribution < -0.4 is 10.6 Å². The number of hydrogen-bond donors (Lipinski definition) is 2. The molecule has 0 radical (unpaired) electrons. The third-order valence-electron chi connectivity index (χ3n) is 3.59. The highest BCUT2D eigenvalue weighted by Crippen LogP contribution is 2.21. The summed E-state index contributed by atoms with van der Waals surface area (Å²) in [5.41, 5.74) is 0. The van der Waals surface area contributed by atoms with Gasteiger partial charge in [-0.05, 0) is 36.4 Å². The van der Waals surface area contributed by atoms with Crippen molar-refractivity contribution in [3.8, 4) is 0 Å². The average molecular weight is 423 g/mol. The molecule has 1 amide bonds. The highest BCUT2D eigenvalue weighted by atomic mass is 79.9. The van der Waals surface area contributed by atoms with Crippen molar-refractivity contribution in [2.75, 3.05) is 45.0 Å². The molecule has 0 aromatic heterocycles. The lowest BCUT2D eigenvalue weighted by Crippen LogP contribution is -2.46. The molecule has 0 aliphatic carbocycles. The van der Waals surface area contributed by atoms with Crippen molar-refractivity contribution in [3.63, 3.8) is 0 Å². The molecule has 1 aromatic carbocycles. The van der Waals surface area contributed by atoms with Crippen molar-refractivity contribution >= 4 is 46.0 Å². The van der Waals surface area contributed by atoms with Gasteiger partial charge in [-0.1, -0.05) is 15.9 Å². The molecule has 0 spiro atoms. The van der Waals surface area contributed by atoms with Crippen LogP contribution in [0, 0.1) is 0 Å². The number of nitrogens with zero attached hydrogens (tertiary/aromatic N) is 1. The summed E-state index contributed by atoms with van der Waals surface area (Å²) in [6.45, 7) is 6.00. The first-order valence-electron chi connectivity index (χ1n) is 7.82. The minimum atomic E-state index is 0. The number of hydrogen-bond acceptors (Lipinski definition) is 4. The van der Waals surface area contributed by atoms with Crippen molar-refractivity contribution in [2.24, 2.45) is 0 Å². The van der Waals surface area contributed by atoms with E-state index in [0.717, 1.165) is 55.9 Å². The second-order valence-corrected chi connectivity index (χ2v) is 7.43. The van der Waals surface area contributed by atoms with Gasteiger partial charge in [-0.2, -0.15) is 0 Å². The van der Waals surface area contributed by atoms with Gasteiger partial charge in [0.1, 0.15) is 0 Å². The molecular weight excluding hydrogens is 398 g/mol. The van der Waals surface area contributed by atoms with Gasteiger partial charge in [0.15, 0.2) is 0 Å². The van der Waals surface area contributed by atoms with Crippen LogP contribution in [0.4, 0.5) is 0 Å². The molecule has 0 atom stereocenters. The molecular formula is C16H25BrClN3OS. The number of thioether (sulfide) groups is 1. The van der Waals surface area contributed by atoms with Crippen LogP contribution in [0.3, 0.4) is 0 Å². The number of halogens is 2. The van der Waals surface area contributed by atoms with Crippen molar-refractivity contribution in [3.05, 3.63) is 28.7 Å². The molecule has 130 valence electrons. The summed E-state index contributed by atoms with van der Waals surface area (Å²) in [6.07, 6.45) is 1.53. The molecule has 1 saturated heterocycles. The molecule has 1 aromatic rings. The Morgan fingerprint density at radius 1 is 1.26 bits per heavy atom. The minimum Gasteiger partial charge on any atom is -0.355 e. The second-order valence-electron chi connectivity index (χ2n) is 5.35. The molecule has 1 heterocycles. The summed E-state index contributed by atoms with van der Waals surface area (Å²) in [7, 11) is 0. The zero-order valence-electron chi connectivity index (χ0n) is 13.2. The van der Waals surface area contributed by atoms with E-state index >= 15 is 0 Å². The molecule has 2 N–H and O–H groups in total. The molecule has 0 bridgehead atoms. The average Bonchev–Trinajstić information content (AvgIpc) is 2.54. The zero-order valence-corrected chi connectivity index (χ0v) is 16.4. The second kappa shape index (κ2) is 12.1. The molecule has 1 fully saturated rings. The van der Waals surface area contributed by atoms with Gasteiger partial charge in [0.25, 0.3) is 0 Å². The lowest BCUT2D eigenvalue weighted by atomic mass is 10.3. The Hall–Kier alpha value is -0.270. The quantitative estimate of drug-likeness (QED) is 0.499. The molecule has 23 heavy (non-hydrogen) atoms. The SMILES string of the molecule is Cl.O=C(CCCSc1ccc(Br)cc1)NCCN1CCNCC1. The van der Waals surface area contributed by atoms with E-state index in [9.17, 15) is 4.79 Å². The van der Waals surface area contributed by atoms with Gasteiger partial charge in [-0.15, -0.1) is 24.2 Å². The van der Waals surface area contributed by atoms with E-state index in [1.165, 1.54) is 4.90 Å². The monoisotopic (exact) mass is 421 g/mol. The summed E-state index contributed by atoms with van der Waals surface area (Å²) in [5, 5.41) is 6.35. The van der Waals surface area contributed by atoms with Crippen LogP contribution >= 0.6 is 40.1 Å². The maximum Gasteiger partial charge on any atom is 0.220 e. The Balaban J connectivity index is 0.00000264. The van der Waals surface area contributed by atoms with E-state index < -0.39 is 0 Å². The Bertz CT molecular complexity index is 455. The van der Waals surface area contributed by atoms with Crippen molar-refractivity contribution in [1.29, 1.82) is 0 Å². The Morgan fingerprint density at radius 3 is 2.65 bits per heavy atom. The van der Waals surface area contributed by atoms with E-state index in [2.05, 4.69) is 43.6 Å². The maximum absolute atomic E-state index is 11.8. The predicted molar refractivity (Wildman–Crippen MR) is 104 cm³/mol. The Morgan fingerprint density at radius 2 is 1.96 bits per heavy atom. The zero-order chi connectivity index (χ0) is 15.6. The topological polar surface area (TPSA) is 44.4 Å². The Kier molecular flexibility index (Phi) is 11.0. The van der Waals surface area contributed by atoms with Crippen molar-refractivity contribution < 1.29 is 4.79 Å². The summed E-state index contributed by atoms with van der Waals surface area (Å²) < 4.78 is 1.10. The number of piperazine rings is 1. The number of nitrogens with one attached hydrogen (secondary N) is 2. The first-order chi connectivity index (χ1) is 10.7. The molecule has 7 heteroatoms. The van der Waals surface area contributed by atoms with E-state index in [4.69, 9.17) is 0 Å². The normalized spacial score (nSPS) is 15.0. The largest absolute Gasteiger partial charge is 0.355 e. The van der Waals surface area contributed by atoms with Gasteiger partial charge in [0.05, 0.1) is 0 Å².